The molecule has 6 rings (SSSR count). The lowest BCUT2D eigenvalue weighted by molar-refractivity contribution is 0.183. The van der Waals surface area contributed by atoms with E-state index in [0.717, 1.165) is 70.8 Å². The van der Waals surface area contributed by atoms with Gasteiger partial charge < -0.3 is 10.1 Å². The molecule has 2 aromatic carbocycles. The molecule has 1 N–H and O–H groups in total. The highest BCUT2D eigenvalue weighted by Crippen LogP contribution is 2.40. The maximum atomic E-state index is 6.61. The maximum absolute atomic E-state index is 6.61. The number of imidazole rings is 1. The van der Waals surface area contributed by atoms with Gasteiger partial charge in [0.1, 0.15) is 11.3 Å². The number of rotatable bonds is 7. The third kappa shape index (κ3) is 4.18. The Hall–Kier alpha value is -3.32. The van der Waals surface area contributed by atoms with Crippen molar-refractivity contribution in [2.75, 3.05) is 20.3 Å². The Bertz CT molecular complexity index is 1490. The molecular formula is C28H26ClN5O. The quantitative estimate of drug-likeness (QED) is 0.299. The average molecular weight is 484 g/mol. The molecule has 0 saturated heterocycles. The summed E-state index contributed by atoms with van der Waals surface area (Å²) < 4.78 is 7.26. The van der Waals surface area contributed by atoms with Crippen molar-refractivity contribution in [1.29, 1.82) is 0 Å². The first-order valence-electron chi connectivity index (χ1n) is 11.9. The number of hydrogen-bond donors (Lipinski definition) is 1. The summed E-state index contributed by atoms with van der Waals surface area (Å²) in [6.07, 6.45) is 5.79. The van der Waals surface area contributed by atoms with Crippen molar-refractivity contribution in [2.24, 2.45) is 0 Å². The van der Waals surface area contributed by atoms with E-state index in [1.54, 1.807) is 13.3 Å². The predicted molar refractivity (Wildman–Crippen MR) is 140 cm³/mol. The molecule has 35 heavy (non-hydrogen) atoms. The summed E-state index contributed by atoms with van der Waals surface area (Å²) in [4.78, 5) is 14.4. The topological polar surface area (TPSA) is 64.3 Å². The van der Waals surface area contributed by atoms with Crippen molar-refractivity contribution in [3.8, 4) is 22.5 Å². The van der Waals surface area contributed by atoms with Crippen LogP contribution in [0.5, 0.6) is 0 Å². The molecule has 3 heterocycles. The van der Waals surface area contributed by atoms with Crippen molar-refractivity contribution in [2.45, 2.75) is 24.8 Å². The molecule has 0 unspecified atom stereocenters. The second-order valence-electron chi connectivity index (χ2n) is 9.04. The molecule has 0 bridgehead atoms. The van der Waals surface area contributed by atoms with Crippen LogP contribution >= 0.6 is 11.6 Å². The molecule has 5 aromatic rings. The van der Waals surface area contributed by atoms with Crippen LogP contribution in [0.25, 0.3) is 38.9 Å². The third-order valence-electron chi connectivity index (χ3n) is 6.81. The average Bonchev–Trinajstić information content (AvgIpc) is 3.26. The summed E-state index contributed by atoms with van der Waals surface area (Å²) in [6.45, 7) is 1.59. The first kappa shape index (κ1) is 22.2. The van der Waals surface area contributed by atoms with Crippen LogP contribution in [-0.4, -0.2) is 45.7 Å². The summed E-state index contributed by atoms with van der Waals surface area (Å²) in [5, 5.41) is 5.10. The highest BCUT2D eigenvalue weighted by Gasteiger charge is 2.34. The smallest absolute Gasteiger partial charge is 0.155 e. The number of aromatic nitrogens is 4. The fourth-order valence-corrected chi connectivity index (χ4v) is 5.15. The van der Waals surface area contributed by atoms with Crippen molar-refractivity contribution in [1.82, 2.24) is 24.7 Å². The molecule has 0 aliphatic heterocycles. The minimum absolute atomic E-state index is 0.373. The number of hydrogen-bond acceptors (Lipinski definition) is 5. The van der Waals surface area contributed by atoms with Gasteiger partial charge in [0.25, 0.3) is 0 Å². The fraction of sp³-hybridized carbons (Fsp3) is 0.250. The van der Waals surface area contributed by atoms with Gasteiger partial charge in [-0.25, -0.2) is 15.0 Å². The van der Waals surface area contributed by atoms with Gasteiger partial charge in [-0.1, -0.05) is 60.1 Å². The lowest BCUT2D eigenvalue weighted by Gasteiger charge is -2.35. The second kappa shape index (κ2) is 9.38. The zero-order valence-corrected chi connectivity index (χ0v) is 20.2. The van der Waals surface area contributed by atoms with Gasteiger partial charge in [0.05, 0.1) is 23.5 Å². The number of nitrogens with one attached hydrogen (secondary N) is 1. The van der Waals surface area contributed by atoms with Crippen molar-refractivity contribution >= 4 is 28.0 Å². The Morgan fingerprint density at radius 2 is 1.86 bits per heavy atom. The zero-order valence-electron chi connectivity index (χ0n) is 19.5. The number of methoxy groups -OCH3 is 1. The van der Waals surface area contributed by atoms with E-state index in [2.05, 4.69) is 57.2 Å². The van der Waals surface area contributed by atoms with Crippen LogP contribution in [-0.2, 0) is 4.74 Å². The molecule has 0 radical (unpaired) electrons. The molecule has 7 heteroatoms. The van der Waals surface area contributed by atoms with Gasteiger partial charge in [-0.2, -0.15) is 0 Å². The largest absolute Gasteiger partial charge is 0.383 e. The number of nitrogens with zero attached hydrogens (tertiary/aromatic N) is 4. The maximum Gasteiger partial charge on any atom is 0.155 e. The molecule has 0 amide bonds. The molecule has 1 fully saturated rings. The Labute approximate surface area is 209 Å². The SMILES string of the molecule is COCCNC1CC(c2nc(-c3ccc4ccc(-c5ccccc5)nc4c3)c3c(Cl)nccn23)C1. The molecule has 176 valence electrons. The summed E-state index contributed by atoms with van der Waals surface area (Å²) in [5.74, 6) is 1.41. The molecule has 0 atom stereocenters. The minimum atomic E-state index is 0.373. The lowest BCUT2D eigenvalue weighted by atomic mass is 9.79. The Morgan fingerprint density at radius 1 is 1.03 bits per heavy atom. The first-order chi connectivity index (χ1) is 17.2. The number of ether oxygens (including phenoxy) is 1. The van der Waals surface area contributed by atoms with E-state index in [1.165, 1.54) is 0 Å². The van der Waals surface area contributed by atoms with E-state index in [4.69, 9.17) is 26.3 Å². The molecule has 1 saturated carbocycles. The Kier molecular flexibility index (Phi) is 5.94. The van der Waals surface area contributed by atoms with Crippen molar-refractivity contribution in [3.05, 3.63) is 84.0 Å². The standard InChI is InChI=1S/C28H26ClN5O/c1-35-14-12-30-22-15-21(16-22)28-33-25(26-27(29)31-11-13-34(26)28)20-8-7-19-9-10-23(32-24(19)17-20)18-5-3-2-4-6-18/h2-11,13,17,21-22,30H,12,14-16H2,1H3. The van der Waals surface area contributed by atoms with Gasteiger partial charge >= 0.3 is 0 Å². The van der Waals surface area contributed by atoms with E-state index < -0.39 is 0 Å². The number of fused-ring (bicyclic) bond motifs is 2. The van der Waals surface area contributed by atoms with Crippen LogP contribution in [0.3, 0.4) is 0 Å². The van der Waals surface area contributed by atoms with Crippen LogP contribution in [0.2, 0.25) is 5.15 Å². The summed E-state index contributed by atoms with van der Waals surface area (Å²) in [5.41, 5.74) is 5.66. The van der Waals surface area contributed by atoms with E-state index in [9.17, 15) is 0 Å². The van der Waals surface area contributed by atoms with Crippen LogP contribution in [0.1, 0.15) is 24.6 Å². The van der Waals surface area contributed by atoms with E-state index in [1.807, 2.05) is 24.4 Å². The minimum Gasteiger partial charge on any atom is -0.383 e. The summed E-state index contributed by atoms with van der Waals surface area (Å²) in [6, 6.07) is 21.2. The molecular weight excluding hydrogens is 458 g/mol. The van der Waals surface area contributed by atoms with Gasteiger partial charge in [0, 0.05) is 54.5 Å². The normalized spacial score (nSPS) is 17.7. The van der Waals surface area contributed by atoms with Gasteiger partial charge in [-0.15, -0.1) is 0 Å². The monoisotopic (exact) mass is 483 g/mol. The molecule has 0 spiro atoms. The van der Waals surface area contributed by atoms with E-state index >= 15 is 0 Å². The second-order valence-corrected chi connectivity index (χ2v) is 9.40. The zero-order chi connectivity index (χ0) is 23.8. The van der Waals surface area contributed by atoms with Crippen LogP contribution < -0.4 is 5.32 Å². The van der Waals surface area contributed by atoms with Crippen LogP contribution in [0.4, 0.5) is 0 Å². The van der Waals surface area contributed by atoms with Gasteiger partial charge in [0.2, 0.25) is 0 Å². The predicted octanol–water partition coefficient (Wildman–Crippen LogP) is 5.75. The fourth-order valence-electron chi connectivity index (χ4n) is 4.91. The molecule has 1 aliphatic rings. The first-order valence-corrected chi connectivity index (χ1v) is 12.3. The summed E-state index contributed by atoms with van der Waals surface area (Å²) >= 11 is 6.61. The van der Waals surface area contributed by atoms with Crippen LogP contribution in [0, 0.1) is 0 Å². The number of benzene rings is 2. The van der Waals surface area contributed by atoms with Gasteiger partial charge in [0.15, 0.2) is 5.15 Å². The molecule has 6 nitrogen and oxygen atoms in total. The Balaban J connectivity index is 1.38. The molecule has 1 aliphatic carbocycles. The summed E-state index contributed by atoms with van der Waals surface area (Å²) in [7, 11) is 1.73. The third-order valence-corrected chi connectivity index (χ3v) is 7.09. The molecule has 3 aromatic heterocycles. The number of halogens is 1. The van der Waals surface area contributed by atoms with E-state index in [-0.39, 0.29) is 0 Å². The highest BCUT2D eigenvalue weighted by atomic mass is 35.5. The van der Waals surface area contributed by atoms with Gasteiger partial charge in [-0.3, -0.25) is 4.40 Å². The Morgan fingerprint density at radius 3 is 2.69 bits per heavy atom. The van der Waals surface area contributed by atoms with Crippen molar-refractivity contribution in [3.63, 3.8) is 0 Å². The van der Waals surface area contributed by atoms with Crippen LogP contribution in [0.15, 0.2) is 73.1 Å². The van der Waals surface area contributed by atoms with Crippen molar-refractivity contribution < 1.29 is 4.74 Å². The van der Waals surface area contributed by atoms with E-state index in [0.29, 0.717) is 17.1 Å². The van der Waals surface area contributed by atoms with Gasteiger partial charge in [-0.05, 0) is 25.0 Å². The lowest BCUT2D eigenvalue weighted by Crippen LogP contribution is -2.42. The number of pyridine rings is 1. The highest BCUT2D eigenvalue weighted by molar-refractivity contribution is 6.33.